The van der Waals surface area contributed by atoms with E-state index in [4.69, 9.17) is 0 Å². The summed E-state index contributed by atoms with van der Waals surface area (Å²) in [7, 11) is 0. The Labute approximate surface area is 145 Å². The van der Waals surface area contributed by atoms with Crippen molar-refractivity contribution in [3.05, 3.63) is 36.8 Å². The maximum Gasteiger partial charge on any atom is 0.0340 e. The number of hydrogen-bond donors (Lipinski definition) is 1. The number of nitrogens with one attached hydrogen (secondary N) is 1. The van der Waals surface area contributed by atoms with E-state index in [9.17, 15) is 0 Å². The van der Waals surface area contributed by atoms with E-state index < -0.39 is 0 Å². The predicted molar refractivity (Wildman–Crippen MR) is 105 cm³/mol. The zero-order valence-corrected chi connectivity index (χ0v) is 15.4. The lowest BCUT2D eigenvalue weighted by Gasteiger charge is -2.06. The summed E-state index contributed by atoms with van der Waals surface area (Å²) in [5.74, 6) is 0. The summed E-state index contributed by atoms with van der Waals surface area (Å²) in [4.78, 5) is 0. The first-order valence-electron chi connectivity index (χ1n) is 9.99. The van der Waals surface area contributed by atoms with Crippen LogP contribution in [0.1, 0.15) is 96.0 Å². The summed E-state index contributed by atoms with van der Waals surface area (Å²) in [6, 6.07) is 8.35. The van der Waals surface area contributed by atoms with Gasteiger partial charge in [0, 0.05) is 12.2 Å². The highest BCUT2D eigenvalue weighted by molar-refractivity contribution is 5.44. The van der Waals surface area contributed by atoms with Gasteiger partial charge in [-0.25, -0.2) is 0 Å². The van der Waals surface area contributed by atoms with Crippen molar-refractivity contribution >= 4 is 5.69 Å². The van der Waals surface area contributed by atoms with Crippen LogP contribution in [-0.2, 0) is 0 Å². The van der Waals surface area contributed by atoms with E-state index in [0.29, 0.717) is 0 Å². The molecular formula is C22H38N. The first kappa shape index (κ1) is 20.1. The van der Waals surface area contributed by atoms with Crippen LogP contribution in [0, 0.1) is 6.92 Å². The topological polar surface area (TPSA) is 12.0 Å². The molecule has 1 radical (unpaired) electrons. The van der Waals surface area contributed by atoms with Gasteiger partial charge >= 0.3 is 0 Å². The molecule has 0 fully saturated rings. The smallest absolute Gasteiger partial charge is 0.0340 e. The number of hydrogen-bond acceptors (Lipinski definition) is 1. The van der Waals surface area contributed by atoms with Crippen molar-refractivity contribution in [2.75, 3.05) is 11.9 Å². The summed E-state index contributed by atoms with van der Waals surface area (Å²) in [6.45, 7) is 7.29. The van der Waals surface area contributed by atoms with Crippen molar-refractivity contribution in [3.8, 4) is 0 Å². The number of rotatable bonds is 15. The van der Waals surface area contributed by atoms with E-state index in [0.717, 1.165) is 12.1 Å². The molecule has 0 aliphatic carbocycles. The van der Waals surface area contributed by atoms with Crippen LogP contribution in [0.3, 0.4) is 0 Å². The van der Waals surface area contributed by atoms with Crippen molar-refractivity contribution in [1.82, 2.24) is 0 Å². The highest BCUT2D eigenvalue weighted by Crippen LogP contribution is 2.13. The summed E-state index contributed by atoms with van der Waals surface area (Å²) in [6.07, 6.45) is 18.4. The molecule has 1 rings (SSSR count). The van der Waals surface area contributed by atoms with Crippen LogP contribution in [0.5, 0.6) is 0 Å². The monoisotopic (exact) mass is 316 g/mol. The van der Waals surface area contributed by atoms with Crippen molar-refractivity contribution in [1.29, 1.82) is 0 Å². The van der Waals surface area contributed by atoms with Gasteiger partial charge in [-0.1, -0.05) is 96.1 Å². The minimum atomic E-state index is 1.08. The molecule has 0 bridgehead atoms. The van der Waals surface area contributed by atoms with E-state index in [-0.39, 0.29) is 0 Å². The normalized spacial score (nSPS) is 10.9. The molecule has 0 amide bonds. The minimum absolute atomic E-state index is 1.08. The van der Waals surface area contributed by atoms with Crippen LogP contribution in [0.4, 0.5) is 5.69 Å². The lowest BCUT2D eigenvalue weighted by atomic mass is 10.0. The van der Waals surface area contributed by atoms with Crippen LogP contribution in [0.2, 0.25) is 0 Å². The van der Waals surface area contributed by atoms with Crippen molar-refractivity contribution in [2.45, 2.75) is 90.4 Å². The van der Waals surface area contributed by atoms with E-state index in [2.05, 4.69) is 43.4 Å². The molecule has 131 valence electrons. The molecule has 0 unspecified atom stereocenters. The SMILES string of the molecule is [CH2]c1ccc(NCCCCCCCCCCCCCCC)cc1. The van der Waals surface area contributed by atoms with Gasteiger partial charge in [0.2, 0.25) is 0 Å². The summed E-state index contributed by atoms with van der Waals surface area (Å²) >= 11 is 0. The van der Waals surface area contributed by atoms with E-state index in [1.54, 1.807) is 0 Å². The zero-order valence-electron chi connectivity index (χ0n) is 15.4. The molecule has 0 aliphatic rings. The maximum atomic E-state index is 3.91. The third-order valence-electron chi connectivity index (χ3n) is 4.56. The molecule has 1 N–H and O–H groups in total. The molecule has 0 saturated heterocycles. The molecule has 23 heavy (non-hydrogen) atoms. The Morgan fingerprint density at radius 1 is 0.652 bits per heavy atom. The van der Waals surface area contributed by atoms with Crippen molar-refractivity contribution < 1.29 is 0 Å². The van der Waals surface area contributed by atoms with Gasteiger partial charge in [-0.15, -0.1) is 0 Å². The largest absolute Gasteiger partial charge is 0.385 e. The highest BCUT2D eigenvalue weighted by atomic mass is 14.9. The Kier molecular flexibility index (Phi) is 12.7. The molecule has 1 aromatic rings. The van der Waals surface area contributed by atoms with Gasteiger partial charge in [0.1, 0.15) is 0 Å². The van der Waals surface area contributed by atoms with E-state index in [1.165, 1.54) is 89.2 Å². The summed E-state index contributed by atoms with van der Waals surface area (Å²) < 4.78 is 0. The predicted octanol–water partition coefficient (Wildman–Crippen LogP) is 7.37. The van der Waals surface area contributed by atoms with Crippen molar-refractivity contribution in [2.24, 2.45) is 0 Å². The van der Waals surface area contributed by atoms with Gasteiger partial charge in [-0.3, -0.25) is 0 Å². The molecule has 0 aliphatic heterocycles. The first-order chi connectivity index (χ1) is 11.3. The Hall–Kier alpha value is -0.980. The van der Waals surface area contributed by atoms with Crippen LogP contribution < -0.4 is 5.32 Å². The van der Waals surface area contributed by atoms with Gasteiger partial charge in [0.05, 0.1) is 0 Å². The Balaban J connectivity index is 1.77. The molecule has 0 aromatic heterocycles. The summed E-state index contributed by atoms with van der Waals surface area (Å²) in [5, 5.41) is 3.48. The molecule has 0 heterocycles. The van der Waals surface area contributed by atoms with E-state index in [1.807, 2.05) is 0 Å². The quantitative estimate of drug-likeness (QED) is 0.333. The van der Waals surface area contributed by atoms with Crippen LogP contribution in [0.25, 0.3) is 0 Å². The second-order valence-electron chi connectivity index (χ2n) is 6.87. The fourth-order valence-corrected chi connectivity index (χ4v) is 3.00. The molecule has 0 spiro atoms. The zero-order chi connectivity index (χ0) is 16.6. The Morgan fingerprint density at radius 3 is 1.57 bits per heavy atom. The highest BCUT2D eigenvalue weighted by Gasteiger charge is 1.94. The molecule has 1 aromatic carbocycles. The van der Waals surface area contributed by atoms with Gasteiger partial charge in [0.15, 0.2) is 0 Å². The molecule has 1 nitrogen and oxygen atoms in total. The lowest BCUT2D eigenvalue weighted by molar-refractivity contribution is 0.541. The van der Waals surface area contributed by atoms with Gasteiger partial charge in [-0.2, -0.15) is 0 Å². The first-order valence-corrected chi connectivity index (χ1v) is 9.99. The molecule has 0 saturated carbocycles. The van der Waals surface area contributed by atoms with E-state index >= 15 is 0 Å². The average molecular weight is 317 g/mol. The number of unbranched alkanes of at least 4 members (excludes halogenated alkanes) is 12. The van der Waals surface area contributed by atoms with Crippen LogP contribution in [0.15, 0.2) is 24.3 Å². The average Bonchev–Trinajstić information content (AvgIpc) is 2.57. The maximum absolute atomic E-state index is 3.91. The van der Waals surface area contributed by atoms with Crippen LogP contribution in [-0.4, -0.2) is 6.54 Å². The third kappa shape index (κ3) is 12.1. The number of benzene rings is 1. The standard InChI is InChI=1S/C22H38N/c1-3-4-5-6-7-8-9-10-11-12-13-14-15-20-23-22-18-16-21(2)17-19-22/h16-19,23H,2-15,20H2,1H3. The van der Waals surface area contributed by atoms with Crippen LogP contribution >= 0.6 is 0 Å². The van der Waals surface area contributed by atoms with Gasteiger partial charge < -0.3 is 5.32 Å². The second-order valence-corrected chi connectivity index (χ2v) is 6.87. The van der Waals surface area contributed by atoms with Gasteiger partial charge in [0.25, 0.3) is 0 Å². The second kappa shape index (κ2) is 14.6. The van der Waals surface area contributed by atoms with Gasteiger partial charge in [-0.05, 0) is 31.0 Å². The molecule has 0 atom stereocenters. The summed E-state index contributed by atoms with van der Waals surface area (Å²) in [5.41, 5.74) is 2.30. The Morgan fingerprint density at radius 2 is 1.09 bits per heavy atom. The van der Waals surface area contributed by atoms with Crippen molar-refractivity contribution in [3.63, 3.8) is 0 Å². The fraction of sp³-hybridized carbons (Fsp3) is 0.682. The third-order valence-corrected chi connectivity index (χ3v) is 4.56. The lowest BCUT2D eigenvalue weighted by Crippen LogP contribution is -2.01. The fourth-order valence-electron chi connectivity index (χ4n) is 3.00. The Bertz CT molecular complexity index is 355. The number of anilines is 1. The molecule has 1 heteroatoms. The molecular weight excluding hydrogens is 278 g/mol. The minimum Gasteiger partial charge on any atom is -0.385 e.